The zero-order valence-electron chi connectivity index (χ0n) is 81.2. The standard InChI is InChI=1S/C26H25N3O6.C26H18N2O4.C21H16N2O4.C19H15N3O3.C8H15NO3.C7H5ClO.C4H6O3/c1-26(2,3)35-25(33)27-13-23(31)29-14-20(19-12-22(30)28-24(19)32)18-11-17(9-10-21(18)29)34-15-16-7-5-4-6-8-16;29-24-14-21(25(30)27-24)22-15-28(26(31)18-9-5-2-6-10-18)23-12-11-19(13-20(22)23)32-16-17-7-3-1-4-8-17;1-13(24)23-11-18(17-10-20(25)22-21(17)26)16-9-15(7-8-19(16)23)27-12-14-5-3-2-4-6-14;20-22-18(23)9-15(19(22)24)16-10-21-17-7-6-13(8-14(16)17)25-11-12-4-2-1-3-5-12;1-6(10)5-9-7(11)12-8(2,3)4;8-7(9)6-4-2-1-3-5-6;1-3(5)7-4(2)6/h4-12,14H,13,15H2,1-3H3,(H,27,33)(H,28,30,32);1-15H,16H2,(H,27,29,30);2-11H,12H2,1H3,(H,22,25,26);1-10,21H,11,20H2;5H2,1-4H3,(H,9,11);1-5H;1-2H3. The molecule has 4 aromatic heterocycles. The number of hydrogen-bond acceptors (Lipinski definition) is 25. The molecule has 750 valence electrons. The molecule has 10 amide bonds. The van der Waals surface area contributed by atoms with Crippen molar-refractivity contribution < 1.29 is 115 Å². The molecule has 0 spiro atoms. The van der Waals surface area contributed by atoms with Gasteiger partial charge in [-0.2, -0.15) is 0 Å². The van der Waals surface area contributed by atoms with E-state index in [0.29, 0.717) is 121 Å². The first-order valence-electron chi connectivity index (χ1n) is 45.4. The Bertz CT molecular complexity index is 7550. The van der Waals surface area contributed by atoms with Crippen molar-refractivity contribution in [3.63, 3.8) is 0 Å². The Morgan fingerprint density at radius 2 is 0.707 bits per heavy atom. The van der Waals surface area contributed by atoms with E-state index in [2.05, 4.69) is 36.3 Å². The number of aromatic nitrogens is 4. The van der Waals surface area contributed by atoms with Crippen molar-refractivity contribution in [2.24, 2.45) is 5.84 Å². The topological polar surface area (TPSA) is 475 Å². The summed E-state index contributed by atoms with van der Waals surface area (Å²) >= 11 is 5.16. The van der Waals surface area contributed by atoms with Crippen LogP contribution in [0, 0.1) is 0 Å². The Balaban J connectivity index is 0.000000161. The quantitative estimate of drug-likeness (QED) is 0.00630. The smallest absolute Gasteiger partial charge is 0.408 e. The minimum absolute atomic E-state index is 0.0227. The van der Waals surface area contributed by atoms with Crippen molar-refractivity contribution in [1.29, 1.82) is 0 Å². The van der Waals surface area contributed by atoms with Crippen molar-refractivity contribution in [2.45, 2.75) is 107 Å². The third-order valence-electron chi connectivity index (χ3n) is 21.2. The van der Waals surface area contributed by atoms with Crippen molar-refractivity contribution >= 4 is 178 Å². The molecule has 18 rings (SSSR count). The van der Waals surface area contributed by atoms with Gasteiger partial charge >= 0.3 is 24.1 Å². The lowest BCUT2D eigenvalue weighted by molar-refractivity contribution is -0.156. The second-order valence-electron chi connectivity index (χ2n) is 34.7. The summed E-state index contributed by atoms with van der Waals surface area (Å²) < 4.78 is 41.9. The highest BCUT2D eigenvalue weighted by molar-refractivity contribution is 6.67. The zero-order chi connectivity index (χ0) is 106. The Kier molecular flexibility index (Phi) is 35.9. The molecular formula is C111H100ClN11O24. The van der Waals surface area contributed by atoms with Crippen LogP contribution >= 0.6 is 11.6 Å². The minimum atomic E-state index is -0.720. The molecule has 10 aromatic carbocycles. The van der Waals surface area contributed by atoms with Gasteiger partial charge in [-0.05, 0) is 167 Å². The van der Waals surface area contributed by atoms with Crippen LogP contribution in [0.1, 0.15) is 144 Å². The van der Waals surface area contributed by atoms with Crippen LogP contribution in [0.25, 0.3) is 65.9 Å². The van der Waals surface area contributed by atoms with Crippen LogP contribution in [0.2, 0.25) is 0 Å². The number of rotatable bonds is 22. The predicted octanol–water partition coefficient (Wildman–Crippen LogP) is 15.9. The number of aromatic amines is 1. The number of hydrogen-bond donors (Lipinski definition) is 7. The molecule has 8 heterocycles. The number of carbonyl (C=O) groups excluding carboxylic acids is 17. The fourth-order valence-corrected chi connectivity index (χ4v) is 14.7. The molecule has 0 aliphatic carbocycles. The molecule has 0 saturated heterocycles. The van der Waals surface area contributed by atoms with Gasteiger partial charge in [0.25, 0.3) is 64.3 Å². The molecule has 36 heteroatoms. The zero-order valence-corrected chi connectivity index (χ0v) is 81.9. The van der Waals surface area contributed by atoms with E-state index in [9.17, 15) is 81.5 Å². The van der Waals surface area contributed by atoms with E-state index in [0.717, 1.165) is 33.2 Å². The van der Waals surface area contributed by atoms with Crippen LogP contribution in [0.3, 0.4) is 0 Å². The number of amides is 10. The molecule has 14 aromatic rings. The number of nitrogens with zero attached hydrogens (tertiary/aromatic N) is 4. The summed E-state index contributed by atoms with van der Waals surface area (Å²) in [5.41, 5.74) is 9.49. The molecule has 4 aliphatic heterocycles. The van der Waals surface area contributed by atoms with E-state index in [1.54, 1.807) is 163 Å². The fraction of sp³-hybridized carbons (Fsp3) is 0.162. The summed E-state index contributed by atoms with van der Waals surface area (Å²) in [6.45, 7) is 16.9. The number of benzene rings is 10. The van der Waals surface area contributed by atoms with Crippen molar-refractivity contribution in [2.75, 3.05) is 13.1 Å². The molecule has 0 saturated carbocycles. The maximum Gasteiger partial charge on any atom is 0.408 e. The Hall–Kier alpha value is -18.6. The number of nitrogens with one attached hydrogen (secondary N) is 6. The van der Waals surface area contributed by atoms with E-state index in [4.69, 9.17) is 45.9 Å². The summed E-state index contributed by atoms with van der Waals surface area (Å²) in [7, 11) is 0. The molecule has 147 heavy (non-hydrogen) atoms. The highest BCUT2D eigenvalue weighted by atomic mass is 35.5. The molecular weight excluding hydrogens is 1910 g/mol. The number of carbonyl (C=O) groups is 17. The maximum atomic E-state index is 13.2. The van der Waals surface area contributed by atoms with Gasteiger partial charge < -0.3 is 48.8 Å². The van der Waals surface area contributed by atoms with E-state index >= 15 is 0 Å². The number of halogens is 1. The van der Waals surface area contributed by atoms with E-state index < -0.39 is 93.7 Å². The van der Waals surface area contributed by atoms with E-state index in [-0.39, 0.29) is 53.0 Å². The first-order valence-corrected chi connectivity index (χ1v) is 45.8. The lowest BCUT2D eigenvalue weighted by Crippen LogP contribution is -2.37. The number of nitrogens with two attached hydrogens (primary N) is 1. The Morgan fingerprint density at radius 1 is 0.374 bits per heavy atom. The van der Waals surface area contributed by atoms with Gasteiger partial charge in [-0.25, -0.2) is 20.4 Å². The Morgan fingerprint density at radius 3 is 1.03 bits per heavy atom. The van der Waals surface area contributed by atoms with Crippen LogP contribution in [0.4, 0.5) is 9.59 Å². The lowest BCUT2D eigenvalue weighted by atomic mass is 10.1. The highest BCUT2D eigenvalue weighted by Gasteiger charge is 2.34. The van der Waals surface area contributed by atoms with Crippen LogP contribution in [-0.4, -0.2) is 148 Å². The molecule has 0 unspecified atom stereocenters. The minimum Gasteiger partial charge on any atom is -0.489 e. The molecule has 0 atom stereocenters. The molecule has 0 bridgehead atoms. The van der Waals surface area contributed by atoms with Gasteiger partial charge in [0.15, 0.2) is 0 Å². The SMILES string of the molecule is CC(=O)CNC(=O)OC(C)(C)C.CC(=O)OC(C)=O.CC(=O)n1cc(C2=CC(=O)NC2=O)c2cc(OCc3ccccc3)ccc21.CC(C)(C)OC(=O)NCC(=O)n1cc(C2=CC(=O)NC2=O)c2cc(OCc3ccccc3)ccc21.NN1C(=O)C=C(c2c[nH]c3ccc(OCc4ccccc4)cc23)C1=O.O=C(Cl)c1ccccc1.O=C1C=C(c2cn(C(=O)c3ccccc3)c3ccc(OCc4ccccc4)cc23)C(=O)N1. The first kappa shape index (κ1) is 107. The maximum absolute atomic E-state index is 13.2. The second-order valence-corrected chi connectivity index (χ2v) is 35.0. The predicted molar refractivity (Wildman–Crippen MR) is 546 cm³/mol. The van der Waals surface area contributed by atoms with E-state index in [1.165, 1.54) is 71.9 Å². The summed E-state index contributed by atoms with van der Waals surface area (Å²) in [5.74, 6) is 1.77. The van der Waals surface area contributed by atoms with Crippen LogP contribution in [0.15, 0.2) is 304 Å². The van der Waals surface area contributed by atoms with Crippen molar-refractivity contribution in [3.05, 3.63) is 360 Å². The number of H-pyrrole nitrogens is 1. The van der Waals surface area contributed by atoms with E-state index in [1.807, 2.05) is 152 Å². The lowest BCUT2D eigenvalue weighted by Gasteiger charge is -2.19. The number of ketones is 1. The molecule has 35 nitrogen and oxygen atoms in total. The average molecular weight is 2010 g/mol. The van der Waals surface area contributed by atoms with Gasteiger partial charge in [0, 0.05) is 130 Å². The van der Waals surface area contributed by atoms with Gasteiger partial charge in [-0.1, -0.05) is 170 Å². The van der Waals surface area contributed by atoms with Crippen LogP contribution in [-0.2, 0) is 93.4 Å². The second kappa shape index (κ2) is 49.2. The number of fused-ring (bicyclic) bond motifs is 4. The highest BCUT2D eigenvalue weighted by Crippen LogP contribution is 2.38. The third kappa shape index (κ3) is 30.0. The molecule has 0 fully saturated rings. The first-order chi connectivity index (χ1) is 70.1. The number of imide groups is 4. The molecule has 8 N–H and O–H groups in total. The van der Waals surface area contributed by atoms with Crippen molar-refractivity contribution in [3.8, 4) is 23.0 Å². The summed E-state index contributed by atoms with van der Waals surface area (Å²) in [6, 6.07) is 78.0. The molecule has 0 radical (unpaired) electrons. The number of ether oxygens (including phenoxy) is 7. The number of hydrazine groups is 1. The number of Topliss-reactive ketones (excluding diaryl/α,β-unsaturated/α-hetero) is 1. The van der Waals surface area contributed by atoms with Gasteiger partial charge in [-0.15, -0.1) is 0 Å². The fourth-order valence-electron chi connectivity index (χ4n) is 14.6. The van der Waals surface area contributed by atoms with Gasteiger partial charge in [0.05, 0.1) is 45.4 Å². The van der Waals surface area contributed by atoms with Gasteiger partial charge in [-0.3, -0.25) is 102 Å². The average Bonchev–Trinajstić information content (AvgIpc) is 1.63. The van der Waals surface area contributed by atoms with Crippen LogP contribution in [0.5, 0.6) is 23.0 Å². The van der Waals surface area contributed by atoms with Gasteiger partial charge in [0.1, 0.15) is 73.0 Å². The summed E-state index contributed by atoms with van der Waals surface area (Å²) in [4.78, 5) is 200. The number of alkyl carbamates (subject to hydrolysis) is 2. The Labute approximate surface area is 846 Å². The summed E-state index contributed by atoms with van der Waals surface area (Å²) in [6.07, 6.45) is 10.0. The van der Waals surface area contributed by atoms with Crippen molar-refractivity contribution in [1.82, 2.24) is 50.3 Å². The van der Waals surface area contributed by atoms with Gasteiger partial charge in [0.2, 0.25) is 5.91 Å². The monoisotopic (exact) mass is 2010 g/mol. The largest absolute Gasteiger partial charge is 0.489 e. The number of esters is 2. The third-order valence-corrected chi connectivity index (χ3v) is 21.4. The summed E-state index contributed by atoms with van der Waals surface area (Å²) in [5, 5.41) is 14.4. The molecule has 4 aliphatic rings. The normalized spacial score (nSPS) is 12.8. The van der Waals surface area contributed by atoms with Crippen LogP contribution < -0.4 is 51.4 Å².